The van der Waals surface area contributed by atoms with Crippen LogP contribution in [0.1, 0.15) is 51.5 Å². The van der Waals surface area contributed by atoms with Gasteiger partial charge in [-0.05, 0) is 49.9 Å². The summed E-state index contributed by atoms with van der Waals surface area (Å²) in [4.78, 5) is 38.5. The highest BCUT2D eigenvalue weighted by molar-refractivity contribution is 6.04. The van der Waals surface area contributed by atoms with E-state index in [0.717, 1.165) is 0 Å². The number of nitrogens with one attached hydrogen (secondary N) is 1. The molecule has 0 saturated carbocycles. The molecule has 3 N–H and O–H groups in total. The van der Waals surface area contributed by atoms with Crippen LogP contribution in [0.25, 0.3) is 16.8 Å². The van der Waals surface area contributed by atoms with Gasteiger partial charge >= 0.3 is 0 Å². The summed E-state index contributed by atoms with van der Waals surface area (Å²) in [6.45, 7) is -2.00. The van der Waals surface area contributed by atoms with E-state index < -0.39 is 42.9 Å². The minimum absolute atomic E-state index is 0.0803. The lowest BCUT2D eigenvalue weighted by Crippen LogP contribution is -2.30. The minimum atomic E-state index is -3.36. The van der Waals surface area contributed by atoms with Gasteiger partial charge in [0.1, 0.15) is 28.7 Å². The van der Waals surface area contributed by atoms with Gasteiger partial charge < -0.3 is 16.0 Å². The molecular weight excluding hydrogens is 442 g/mol. The van der Waals surface area contributed by atoms with Gasteiger partial charge in [-0.15, -0.1) is 0 Å². The van der Waals surface area contributed by atoms with Crippen molar-refractivity contribution in [2.45, 2.75) is 25.7 Å². The van der Waals surface area contributed by atoms with E-state index >= 15 is 0 Å². The van der Waals surface area contributed by atoms with Gasteiger partial charge in [-0.3, -0.25) is 14.0 Å². The Bertz CT molecular complexity index is 1780. The Morgan fingerprint density at radius 2 is 2.03 bits per heavy atom. The number of nitrogens with zero attached hydrogens (tertiary/aromatic N) is 5. The van der Waals surface area contributed by atoms with Gasteiger partial charge in [0.05, 0.1) is 7.39 Å². The molecule has 1 aliphatic rings. The third-order valence-electron chi connectivity index (χ3n) is 5.13. The molecule has 5 rings (SSSR count). The van der Waals surface area contributed by atoms with Crippen molar-refractivity contribution < 1.29 is 19.2 Å². The third-order valence-corrected chi connectivity index (χ3v) is 5.13. The molecule has 0 unspecified atom stereocenters. The van der Waals surface area contributed by atoms with Crippen LogP contribution in [0.2, 0.25) is 0 Å². The Morgan fingerprint density at radius 1 is 1.20 bits per heavy atom. The van der Waals surface area contributed by atoms with Crippen molar-refractivity contribution in [2.24, 2.45) is 0 Å². The second-order valence-corrected chi connectivity index (χ2v) is 7.29. The van der Waals surface area contributed by atoms with E-state index in [2.05, 4.69) is 32.1 Å². The quantitative estimate of drug-likeness (QED) is 0.440. The average Bonchev–Trinajstić information content (AvgIpc) is 3.37. The van der Waals surface area contributed by atoms with Gasteiger partial charge in [-0.1, -0.05) is 24.1 Å². The monoisotopic (exact) mass is 472 g/mol. The molecule has 0 bridgehead atoms. The summed E-state index contributed by atoms with van der Waals surface area (Å²) in [6, 6.07) is 8.08. The van der Waals surface area contributed by atoms with Gasteiger partial charge in [0.25, 0.3) is 11.8 Å². The van der Waals surface area contributed by atoms with E-state index in [1.54, 1.807) is 18.2 Å². The van der Waals surface area contributed by atoms with Crippen LogP contribution in [0, 0.1) is 11.8 Å². The summed E-state index contributed by atoms with van der Waals surface area (Å²) in [5, 5.41) is 2.67. The molecular formula is C26H23N7O2. The van der Waals surface area contributed by atoms with Crippen molar-refractivity contribution in [2.75, 3.05) is 17.5 Å². The fourth-order valence-electron chi connectivity index (χ4n) is 3.56. The molecule has 1 aliphatic heterocycles. The van der Waals surface area contributed by atoms with Crippen molar-refractivity contribution in [3.05, 3.63) is 72.4 Å². The molecule has 2 amide bonds. The number of benzene rings is 1. The molecule has 0 aliphatic carbocycles. The Hall–Kier alpha value is -4.71. The maximum absolute atomic E-state index is 13.1. The predicted octanol–water partition coefficient (Wildman–Crippen LogP) is 3.31. The van der Waals surface area contributed by atoms with Crippen LogP contribution in [-0.4, -0.2) is 42.6 Å². The van der Waals surface area contributed by atoms with Gasteiger partial charge in [0.2, 0.25) is 0 Å². The van der Waals surface area contributed by atoms with Crippen molar-refractivity contribution in [3.8, 4) is 23.1 Å². The SMILES string of the molecule is [2H]C1([2H])N(C(=O)C#CC)[C@]([2H])(c2nc(-c3ccc(C(=O)Nc4ccccn4)cc3)c3c(N)nccn23)C([2H])([2H])C1([2H])[2H]. The summed E-state index contributed by atoms with van der Waals surface area (Å²) in [6.07, 6.45) is -2.61. The van der Waals surface area contributed by atoms with E-state index in [9.17, 15) is 11.0 Å². The maximum atomic E-state index is 13.1. The lowest BCUT2D eigenvalue weighted by atomic mass is 10.1. The Labute approximate surface area is 211 Å². The molecule has 4 heterocycles. The second-order valence-electron chi connectivity index (χ2n) is 7.29. The molecule has 9 nitrogen and oxygen atoms in total. The third kappa shape index (κ3) is 4.17. The highest BCUT2D eigenvalue weighted by Crippen LogP contribution is 2.36. The van der Waals surface area contributed by atoms with E-state index in [1.807, 2.05) is 0 Å². The molecule has 35 heavy (non-hydrogen) atoms. The molecule has 1 saturated heterocycles. The molecule has 1 fully saturated rings. The Balaban J connectivity index is 1.68. The number of imidazole rings is 1. The number of likely N-dealkylation sites (tertiary alicyclic amines) is 1. The van der Waals surface area contributed by atoms with Crippen molar-refractivity contribution in [3.63, 3.8) is 0 Å². The number of nitrogen functional groups attached to an aromatic ring is 1. The molecule has 1 aromatic carbocycles. The highest BCUT2D eigenvalue weighted by atomic mass is 16.2. The first-order valence-corrected chi connectivity index (χ1v) is 10.4. The van der Waals surface area contributed by atoms with Crippen LogP contribution in [0.3, 0.4) is 0 Å². The van der Waals surface area contributed by atoms with Crippen LogP contribution < -0.4 is 11.1 Å². The van der Waals surface area contributed by atoms with E-state index in [1.165, 1.54) is 54.2 Å². The first-order valence-electron chi connectivity index (χ1n) is 13.9. The number of pyridine rings is 1. The largest absolute Gasteiger partial charge is 0.382 e. The van der Waals surface area contributed by atoms with E-state index in [0.29, 0.717) is 11.4 Å². The van der Waals surface area contributed by atoms with Gasteiger partial charge in [-0.25, -0.2) is 15.0 Å². The number of nitrogens with two attached hydrogens (primary N) is 1. The summed E-state index contributed by atoms with van der Waals surface area (Å²) in [5.74, 6) is 2.42. The fraction of sp³-hybridized carbons (Fsp3) is 0.192. The van der Waals surface area contributed by atoms with Gasteiger partial charge in [0.15, 0.2) is 0 Å². The van der Waals surface area contributed by atoms with Crippen LogP contribution in [-0.2, 0) is 4.79 Å². The number of fused-ring (bicyclic) bond motifs is 1. The summed E-state index contributed by atoms with van der Waals surface area (Å²) >= 11 is 0. The Morgan fingerprint density at radius 3 is 2.77 bits per heavy atom. The van der Waals surface area contributed by atoms with Crippen molar-refractivity contribution in [1.29, 1.82) is 0 Å². The van der Waals surface area contributed by atoms with E-state index in [-0.39, 0.29) is 27.5 Å². The standard InChI is InChI=1S/C26H23N7O2/c1-2-6-21(34)32-15-5-7-19(32)25-31-22(23-24(27)29-14-16-33(23)25)17-9-11-18(12-10-17)26(35)30-20-8-3-4-13-28-20/h3-4,8-14,16,19H,5,7,15H2,1H3,(H2,27,29)(H,28,30,35)/t19-/m0/s1/i5D2,7D2,15D2,19D. The summed E-state index contributed by atoms with van der Waals surface area (Å²) in [7, 11) is 0. The summed E-state index contributed by atoms with van der Waals surface area (Å²) in [5.41, 5.74) is 7.01. The number of rotatable bonds is 4. The topological polar surface area (TPSA) is 119 Å². The molecule has 174 valence electrons. The molecule has 0 spiro atoms. The zero-order valence-electron chi connectivity index (χ0n) is 25.4. The number of carbonyl (C=O) groups excluding carboxylic acids is 2. The number of hydrogen-bond donors (Lipinski definition) is 2. The lowest BCUT2D eigenvalue weighted by molar-refractivity contribution is -0.126. The predicted molar refractivity (Wildman–Crippen MR) is 132 cm³/mol. The minimum Gasteiger partial charge on any atom is -0.382 e. The summed E-state index contributed by atoms with van der Waals surface area (Å²) < 4.78 is 61.4. The van der Waals surface area contributed by atoms with Crippen molar-refractivity contribution in [1.82, 2.24) is 24.3 Å². The lowest BCUT2D eigenvalue weighted by Gasteiger charge is -2.21. The number of hydrogen-bond acceptors (Lipinski definition) is 6. The van der Waals surface area contributed by atoms with Crippen LogP contribution in [0.15, 0.2) is 61.1 Å². The number of amides is 2. The smallest absolute Gasteiger partial charge is 0.299 e. The van der Waals surface area contributed by atoms with Crippen LogP contribution in [0.5, 0.6) is 0 Å². The Kier molecular flexibility index (Phi) is 4.04. The fourth-order valence-corrected chi connectivity index (χ4v) is 3.56. The second kappa shape index (κ2) is 9.27. The van der Waals surface area contributed by atoms with Crippen LogP contribution >= 0.6 is 0 Å². The molecule has 1 atom stereocenters. The zero-order valence-corrected chi connectivity index (χ0v) is 18.4. The molecule has 0 radical (unpaired) electrons. The number of aromatic nitrogens is 4. The number of anilines is 2. The van der Waals surface area contributed by atoms with Gasteiger partial charge in [0, 0.05) is 44.4 Å². The molecule has 4 aromatic rings. The van der Waals surface area contributed by atoms with Crippen LogP contribution in [0.4, 0.5) is 11.6 Å². The molecule has 9 heteroatoms. The maximum Gasteiger partial charge on any atom is 0.299 e. The molecule has 3 aromatic heterocycles. The van der Waals surface area contributed by atoms with E-state index in [4.69, 9.17) is 14.0 Å². The normalized spacial score (nSPS) is 24.4. The first-order chi connectivity index (χ1) is 19.7. The average molecular weight is 473 g/mol. The first kappa shape index (κ1) is 15.2. The van der Waals surface area contributed by atoms with Gasteiger partial charge in [-0.2, -0.15) is 0 Å². The highest BCUT2D eigenvalue weighted by Gasteiger charge is 2.33. The number of carbonyl (C=O) groups is 2. The zero-order chi connectivity index (χ0) is 30.7. The van der Waals surface area contributed by atoms with Crippen molar-refractivity contribution >= 4 is 29.0 Å².